The summed E-state index contributed by atoms with van der Waals surface area (Å²) < 4.78 is 66.6. The zero-order valence-corrected chi connectivity index (χ0v) is 14.6. The summed E-state index contributed by atoms with van der Waals surface area (Å²) in [6, 6.07) is 10.6. The molecule has 1 unspecified atom stereocenters. The van der Waals surface area contributed by atoms with Gasteiger partial charge in [-0.25, -0.2) is 18.1 Å². The Balaban J connectivity index is 1.73. The summed E-state index contributed by atoms with van der Waals surface area (Å²) in [5, 5.41) is 0. The standard InChI is InChI=1S/C17H16F3N3O2S/c1-12(23-11-21-15-4-2-3-5-16(15)23)10-22-26(24,25)14-8-6-13(7-9-14)17(18,19)20/h2-9,11-12,22H,10H2,1H3. The van der Waals surface area contributed by atoms with E-state index in [9.17, 15) is 21.6 Å². The number of aromatic nitrogens is 2. The van der Waals surface area contributed by atoms with E-state index in [0.717, 1.165) is 35.3 Å². The topological polar surface area (TPSA) is 64.0 Å². The van der Waals surface area contributed by atoms with Gasteiger partial charge in [-0.15, -0.1) is 0 Å². The Morgan fingerprint density at radius 3 is 2.42 bits per heavy atom. The number of alkyl halides is 3. The SMILES string of the molecule is CC(CNS(=O)(=O)c1ccc(C(F)(F)F)cc1)n1cnc2ccccc21. The van der Waals surface area contributed by atoms with E-state index in [4.69, 9.17) is 0 Å². The van der Waals surface area contributed by atoms with Gasteiger partial charge < -0.3 is 4.57 Å². The summed E-state index contributed by atoms with van der Waals surface area (Å²) in [5.74, 6) is 0. The first-order chi connectivity index (χ1) is 12.2. The molecule has 1 atom stereocenters. The van der Waals surface area contributed by atoms with Gasteiger partial charge in [-0.1, -0.05) is 12.1 Å². The number of fused-ring (bicyclic) bond motifs is 1. The van der Waals surface area contributed by atoms with Gasteiger partial charge in [0.1, 0.15) is 0 Å². The van der Waals surface area contributed by atoms with Gasteiger partial charge in [0.05, 0.1) is 27.8 Å². The Kier molecular flexibility index (Phi) is 4.76. The van der Waals surface area contributed by atoms with Gasteiger partial charge in [-0.3, -0.25) is 0 Å². The van der Waals surface area contributed by atoms with Crippen molar-refractivity contribution in [2.24, 2.45) is 0 Å². The van der Waals surface area contributed by atoms with Crippen LogP contribution in [-0.4, -0.2) is 24.5 Å². The lowest BCUT2D eigenvalue weighted by Crippen LogP contribution is -2.29. The average Bonchev–Trinajstić information content (AvgIpc) is 3.03. The molecule has 0 aliphatic rings. The van der Waals surface area contributed by atoms with Gasteiger partial charge in [0, 0.05) is 12.6 Å². The predicted molar refractivity (Wildman–Crippen MR) is 91.1 cm³/mol. The second-order valence-corrected chi connectivity index (χ2v) is 7.63. The molecule has 2 aromatic carbocycles. The van der Waals surface area contributed by atoms with E-state index in [1.54, 1.807) is 6.33 Å². The maximum absolute atomic E-state index is 12.6. The molecule has 1 aromatic heterocycles. The molecule has 0 fully saturated rings. The van der Waals surface area contributed by atoms with Crippen LogP contribution in [0.3, 0.4) is 0 Å². The number of rotatable bonds is 5. The van der Waals surface area contributed by atoms with E-state index < -0.39 is 21.8 Å². The van der Waals surface area contributed by atoms with Crippen LogP contribution in [0.15, 0.2) is 59.8 Å². The largest absolute Gasteiger partial charge is 0.416 e. The van der Waals surface area contributed by atoms with Gasteiger partial charge in [-0.05, 0) is 43.3 Å². The van der Waals surface area contributed by atoms with Gasteiger partial charge in [0.15, 0.2) is 0 Å². The zero-order valence-electron chi connectivity index (χ0n) is 13.7. The molecule has 1 N–H and O–H groups in total. The highest BCUT2D eigenvalue weighted by molar-refractivity contribution is 7.89. The van der Waals surface area contributed by atoms with Gasteiger partial charge in [0.2, 0.25) is 10.0 Å². The Bertz CT molecular complexity index is 1010. The van der Waals surface area contributed by atoms with Gasteiger partial charge >= 0.3 is 6.18 Å². The van der Waals surface area contributed by atoms with E-state index in [1.807, 2.05) is 35.8 Å². The van der Waals surface area contributed by atoms with E-state index >= 15 is 0 Å². The highest BCUT2D eigenvalue weighted by Gasteiger charge is 2.30. The van der Waals surface area contributed by atoms with Crippen molar-refractivity contribution in [3.05, 3.63) is 60.4 Å². The highest BCUT2D eigenvalue weighted by Crippen LogP contribution is 2.29. The maximum atomic E-state index is 12.6. The summed E-state index contributed by atoms with van der Waals surface area (Å²) in [7, 11) is -3.91. The fraction of sp³-hybridized carbons (Fsp3) is 0.235. The molecule has 26 heavy (non-hydrogen) atoms. The molecule has 138 valence electrons. The van der Waals surface area contributed by atoms with Crippen molar-refractivity contribution in [3.63, 3.8) is 0 Å². The lowest BCUT2D eigenvalue weighted by molar-refractivity contribution is -0.137. The van der Waals surface area contributed by atoms with Crippen LogP contribution in [0.5, 0.6) is 0 Å². The fourth-order valence-corrected chi connectivity index (χ4v) is 3.69. The summed E-state index contributed by atoms with van der Waals surface area (Å²) >= 11 is 0. The number of para-hydroxylation sites is 2. The minimum Gasteiger partial charge on any atom is -0.326 e. The van der Waals surface area contributed by atoms with Crippen LogP contribution in [-0.2, 0) is 16.2 Å². The molecule has 0 aliphatic carbocycles. The molecule has 5 nitrogen and oxygen atoms in total. The first kappa shape index (κ1) is 18.4. The second kappa shape index (κ2) is 6.73. The van der Waals surface area contributed by atoms with Crippen molar-refractivity contribution < 1.29 is 21.6 Å². The molecule has 0 spiro atoms. The minimum atomic E-state index is -4.51. The van der Waals surface area contributed by atoms with Crippen molar-refractivity contribution in [1.82, 2.24) is 14.3 Å². The lowest BCUT2D eigenvalue weighted by Gasteiger charge is -2.16. The summed E-state index contributed by atoms with van der Waals surface area (Å²) in [4.78, 5) is 4.04. The molecule has 0 aliphatic heterocycles. The third-order valence-corrected chi connectivity index (χ3v) is 5.46. The van der Waals surface area contributed by atoms with E-state index in [1.165, 1.54) is 0 Å². The molecule has 3 aromatic rings. The van der Waals surface area contributed by atoms with Crippen LogP contribution in [0, 0.1) is 0 Å². The molecular weight excluding hydrogens is 367 g/mol. The number of nitrogens with zero attached hydrogens (tertiary/aromatic N) is 2. The van der Waals surface area contributed by atoms with E-state index in [0.29, 0.717) is 0 Å². The van der Waals surface area contributed by atoms with Crippen molar-refractivity contribution in [2.75, 3.05) is 6.54 Å². The van der Waals surface area contributed by atoms with Gasteiger partial charge in [0.25, 0.3) is 0 Å². The van der Waals surface area contributed by atoms with Crippen molar-refractivity contribution in [2.45, 2.75) is 24.0 Å². The van der Waals surface area contributed by atoms with Crippen LogP contribution < -0.4 is 4.72 Å². The van der Waals surface area contributed by atoms with Crippen LogP contribution in [0.1, 0.15) is 18.5 Å². The molecule has 0 saturated carbocycles. The third kappa shape index (κ3) is 3.73. The predicted octanol–water partition coefficient (Wildman–Crippen LogP) is 3.59. The molecule has 0 saturated heterocycles. The maximum Gasteiger partial charge on any atom is 0.416 e. The number of nitrogens with one attached hydrogen (secondary N) is 1. The number of hydrogen-bond donors (Lipinski definition) is 1. The molecule has 3 rings (SSSR count). The quantitative estimate of drug-likeness (QED) is 0.732. The Morgan fingerprint density at radius 1 is 1.12 bits per heavy atom. The zero-order chi connectivity index (χ0) is 18.9. The number of sulfonamides is 1. The average molecular weight is 383 g/mol. The number of hydrogen-bond acceptors (Lipinski definition) is 3. The van der Waals surface area contributed by atoms with Crippen LogP contribution in [0.25, 0.3) is 11.0 Å². The van der Waals surface area contributed by atoms with Crippen molar-refractivity contribution >= 4 is 21.1 Å². The second-order valence-electron chi connectivity index (χ2n) is 5.86. The first-order valence-corrected chi connectivity index (χ1v) is 9.25. The summed E-state index contributed by atoms with van der Waals surface area (Å²) in [6.45, 7) is 1.90. The lowest BCUT2D eigenvalue weighted by atomic mass is 10.2. The highest BCUT2D eigenvalue weighted by atomic mass is 32.2. The van der Waals surface area contributed by atoms with Crippen LogP contribution >= 0.6 is 0 Å². The van der Waals surface area contributed by atoms with E-state index in [-0.39, 0.29) is 17.5 Å². The number of halogens is 3. The van der Waals surface area contributed by atoms with Crippen LogP contribution in [0.2, 0.25) is 0 Å². The van der Waals surface area contributed by atoms with E-state index in [2.05, 4.69) is 9.71 Å². The molecule has 0 amide bonds. The number of benzene rings is 2. The third-order valence-electron chi connectivity index (χ3n) is 4.02. The molecular formula is C17H16F3N3O2S. The normalized spacial score (nSPS) is 13.8. The molecule has 0 radical (unpaired) electrons. The molecule has 1 heterocycles. The Hall–Kier alpha value is -2.39. The van der Waals surface area contributed by atoms with Gasteiger partial charge in [-0.2, -0.15) is 13.2 Å². The first-order valence-electron chi connectivity index (χ1n) is 7.77. The smallest absolute Gasteiger partial charge is 0.326 e. The Labute approximate surface area is 148 Å². The number of imidazole rings is 1. The van der Waals surface area contributed by atoms with Crippen molar-refractivity contribution in [3.8, 4) is 0 Å². The monoisotopic (exact) mass is 383 g/mol. The fourth-order valence-electron chi connectivity index (χ4n) is 2.56. The minimum absolute atomic E-state index is 0.0731. The van der Waals surface area contributed by atoms with Crippen LogP contribution in [0.4, 0.5) is 13.2 Å². The molecule has 0 bridgehead atoms. The van der Waals surface area contributed by atoms with Crippen molar-refractivity contribution in [1.29, 1.82) is 0 Å². The Morgan fingerprint density at radius 2 is 1.77 bits per heavy atom. The summed E-state index contributed by atoms with van der Waals surface area (Å²) in [5.41, 5.74) is 0.772. The summed E-state index contributed by atoms with van der Waals surface area (Å²) in [6.07, 6.45) is -2.88. The molecule has 9 heteroatoms.